The molecule has 2 N–H and O–H groups in total. The summed E-state index contributed by atoms with van der Waals surface area (Å²) in [6, 6.07) is 7.91. The smallest absolute Gasteiger partial charge is 0.191 e. The van der Waals surface area contributed by atoms with Crippen molar-refractivity contribution in [3.63, 3.8) is 0 Å². The third kappa shape index (κ3) is 12.2. The highest BCUT2D eigenvalue weighted by Gasteiger charge is 1.98. The number of hydrogen-bond acceptors (Lipinski definition) is 4. The molecule has 1 aromatic carbocycles. The van der Waals surface area contributed by atoms with Crippen molar-refractivity contribution in [1.29, 1.82) is 0 Å². The maximum absolute atomic E-state index is 5.69. The van der Waals surface area contributed by atoms with Crippen LogP contribution in [-0.2, 0) is 4.74 Å². The van der Waals surface area contributed by atoms with Crippen LogP contribution in [0.2, 0.25) is 0 Å². The van der Waals surface area contributed by atoms with E-state index in [4.69, 9.17) is 9.47 Å². The number of hydrogen-bond donors (Lipinski definition) is 2. The van der Waals surface area contributed by atoms with Crippen molar-refractivity contribution in [2.24, 2.45) is 4.99 Å². The van der Waals surface area contributed by atoms with Gasteiger partial charge in [-0.1, -0.05) is 22.0 Å². The highest BCUT2D eigenvalue weighted by atomic mass is 127. The number of benzene rings is 1. The van der Waals surface area contributed by atoms with Crippen molar-refractivity contribution in [2.45, 2.75) is 6.42 Å². The van der Waals surface area contributed by atoms with E-state index in [1.807, 2.05) is 36.0 Å². The summed E-state index contributed by atoms with van der Waals surface area (Å²) in [7, 11) is 3.50. The summed E-state index contributed by atoms with van der Waals surface area (Å²) in [6.45, 7) is 3.22. The first kappa shape index (κ1) is 23.8. The number of halogens is 2. The van der Waals surface area contributed by atoms with E-state index < -0.39 is 0 Å². The molecule has 0 saturated heterocycles. The van der Waals surface area contributed by atoms with Gasteiger partial charge < -0.3 is 20.1 Å². The quantitative estimate of drug-likeness (QED) is 0.198. The molecule has 0 radical (unpaired) electrons. The lowest BCUT2D eigenvalue weighted by Gasteiger charge is -2.11. The lowest BCUT2D eigenvalue weighted by molar-refractivity contribution is 0.195. The van der Waals surface area contributed by atoms with E-state index in [1.165, 1.54) is 0 Å². The third-order valence-electron chi connectivity index (χ3n) is 2.87. The van der Waals surface area contributed by atoms with Crippen LogP contribution in [0.25, 0.3) is 0 Å². The highest BCUT2D eigenvalue weighted by molar-refractivity contribution is 14.0. The number of ether oxygens (including phenoxy) is 2. The van der Waals surface area contributed by atoms with Gasteiger partial charge in [0.25, 0.3) is 0 Å². The van der Waals surface area contributed by atoms with Crippen LogP contribution in [0.15, 0.2) is 33.7 Å². The summed E-state index contributed by atoms with van der Waals surface area (Å²) in [5.74, 6) is 3.72. The van der Waals surface area contributed by atoms with E-state index in [-0.39, 0.29) is 24.0 Å². The maximum atomic E-state index is 5.69. The largest absolute Gasteiger partial charge is 0.493 e. The molecule has 138 valence electrons. The molecule has 0 saturated carbocycles. The Hall–Kier alpha value is -0.190. The number of methoxy groups -OCH3 is 1. The van der Waals surface area contributed by atoms with E-state index in [9.17, 15) is 0 Å². The molecule has 0 spiro atoms. The predicted molar refractivity (Wildman–Crippen MR) is 118 cm³/mol. The second-order valence-electron chi connectivity index (χ2n) is 4.69. The molecule has 5 nitrogen and oxygen atoms in total. The summed E-state index contributed by atoms with van der Waals surface area (Å²) in [6.07, 6.45) is 0.971. The van der Waals surface area contributed by atoms with Crippen molar-refractivity contribution >= 4 is 57.6 Å². The standard InChI is InChI=1S/C16H26BrN3O2S.HI/c1-18-16(19-7-4-9-21-2)20-8-11-23-12-10-22-15-6-3-5-14(17)13-15;/h3,5-6,13H,4,7-12H2,1-2H3,(H2,18,19,20);1H. The van der Waals surface area contributed by atoms with Gasteiger partial charge in [0.15, 0.2) is 5.96 Å². The van der Waals surface area contributed by atoms with Gasteiger partial charge in [0.2, 0.25) is 0 Å². The van der Waals surface area contributed by atoms with Crippen molar-refractivity contribution in [3.8, 4) is 5.75 Å². The fraction of sp³-hybridized carbons (Fsp3) is 0.562. The van der Waals surface area contributed by atoms with E-state index in [2.05, 4.69) is 31.6 Å². The second kappa shape index (κ2) is 16.3. The van der Waals surface area contributed by atoms with Gasteiger partial charge in [-0.05, 0) is 24.6 Å². The molecular weight excluding hydrogens is 505 g/mol. The molecule has 0 aliphatic rings. The summed E-state index contributed by atoms with van der Waals surface area (Å²) < 4.78 is 11.7. The van der Waals surface area contributed by atoms with Gasteiger partial charge >= 0.3 is 0 Å². The summed E-state index contributed by atoms with van der Waals surface area (Å²) in [5.41, 5.74) is 0. The van der Waals surface area contributed by atoms with Crippen LogP contribution >= 0.6 is 51.7 Å². The molecule has 0 atom stereocenters. The number of thioether (sulfide) groups is 1. The highest BCUT2D eigenvalue weighted by Crippen LogP contribution is 2.17. The van der Waals surface area contributed by atoms with E-state index in [0.29, 0.717) is 6.61 Å². The molecule has 0 fully saturated rings. The van der Waals surface area contributed by atoms with Crippen LogP contribution in [0.3, 0.4) is 0 Å². The zero-order valence-corrected chi connectivity index (χ0v) is 19.0. The summed E-state index contributed by atoms with van der Waals surface area (Å²) >= 11 is 5.29. The van der Waals surface area contributed by atoms with Crippen LogP contribution in [0.1, 0.15) is 6.42 Å². The lowest BCUT2D eigenvalue weighted by atomic mass is 10.3. The first-order valence-electron chi connectivity index (χ1n) is 7.66. The Balaban J connectivity index is 0.00000529. The zero-order chi connectivity index (χ0) is 16.8. The Bertz CT molecular complexity index is 467. The molecule has 1 aromatic rings. The fourth-order valence-electron chi connectivity index (χ4n) is 1.76. The Labute approximate surface area is 174 Å². The normalized spacial score (nSPS) is 10.9. The molecule has 0 aliphatic carbocycles. The van der Waals surface area contributed by atoms with Crippen molar-refractivity contribution < 1.29 is 9.47 Å². The Morgan fingerprint density at radius 2 is 2.00 bits per heavy atom. The van der Waals surface area contributed by atoms with E-state index in [1.54, 1.807) is 14.2 Å². The van der Waals surface area contributed by atoms with Crippen LogP contribution in [-0.4, -0.2) is 57.9 Å². The minimum absolute atomic E-state index is 0. The minimum Gasteiger partial charge on any atom is -0.493 e. The zero-order valence-electron chi connectivity index (χ0n) is 14.2. The Morgan fingerprint density at radius 1 is 1.21 bits per heavy atom. The first-order chi connectivity index (χ1) is 11.3. The van der Waals surface area contributed by atoms with Gasteiger partial charge in [-0.25, -0.2) is 0 Å². The van der Waals surface area contributed by atoms with Gasteiger partial charge in [0.1, 0.15) is 5.75 Å². The van der Waals surface area contributed by atoms with E-state index in [0.717, 1.165) is 53.8 Å². The summed E-state index contributed by atoms with van der Waals surface area (Å²) in [5, 5.41) is 6.55. The van der Waals surface area contributed by atoms with Crippen LogP contribution in [0.5, 0.6) is 5.75 Å². The summed E-state index contributed by atoms with van der Waals surface area (Å²) in [4.78, 5) is 4.18. The van der Waals surface area contributed by atoms with E-state index >= 15 is 0 Å². The average molecular weight is 532 g/mol. The molecule has 0 amide bonds. The topological polar surface area (TPSA) is 54.9 Å². The number of guanidine groups is 1. The molecule has 0 heterocycles. The van der Waals surface area contributed by atoms with Gasteiger partial charge in [0.05, 0.1) is 6.61 Å². The molecule has 1 rings (SSSR count). The van der Waals surface area contributed by atoms with Gasteiger partial charge in [0, 0.05) is 49.8 Å². The molecule has 0 aromatic heterocycles. The molecule has 8 heteroatoms. The third-order valence-corrected chi connectivity index (χ3v) is 4.31. The van der Waals surface area contributed by atoms with Crippen LogP contribution in [0, 0.1) is 0 Å². The Morgan fingerprint density at radius 3 is 2.71 bits per heavy atom. The molecule has 24 heavy (non-hydrogen) atoms. The van der Waals surface area contributed by atoms with Gasteiger partial charge in [-0.2, -0.15) is 11.8 Å². The van der Waals surface area contributed by atoms with Crippen molar-refractivity contribution in [2.75, 3.05) is 52.0 Å². The van der Waals surface area contributed by atoms with Gasteiger partial charge in [-0.15, -0.1) is 24.0 Å². The number of aliphatic imine (C=N–C) groups is 1. The lowest BCUT2D eigenvalue weighted by Crippen LogP contribution is -2.39. The maximum Gasteiger partial charge on any atom is 0.191 e. The van der Waals surface area contributed by atoms with Crippen molar-refractivity contribution in [1.82, 2.24) is 10.6 Å². The minimum atomic E-state index is 0. The van der Waals surface area contributed by atoms with Crippen molar-refractivity contribution in [3.05, 3.63) is 28.7 Å². The molecule has 0 bridgehead atoms. The van der Waals surface area contributed by atoms with Crippen LogP contribution < -0.4 is 15.4 Å². The molecular formula is C16H27BrIN3O2S. The van der Waals surface area contributed by atoms with Gasteiger partial charge in [-0.3, -0.25) is 4.99 Å². The number of nitrogens with one attached hydrogen (secondary N) is 2. The monoisotopic (exact) mass is 531 g/mol. The van der Waals surface area contributed by atoms with Crippen LogP contribution in [0.4, 0.5) is 0 Å². The number of rotatable bonds is 11. The molecule has 0 unspecified atom stereocenters. The first-order valence-corrected chi connectivity index (χ1v) is 9.60. The SMILES string of the molecule is CN=C(NCCCOC)NCCSCCOc1cccc(Br)c1.I. The number of nitrogens with zero attached hydrogens (tertiary/aromatic N) is 1. The second-order valence-corrected chi connectivity index (χ2v) is 6.83. The fourth-order valence-corrected chi connectivity index (χ4v) is 2.79. The molecule has 0 aliphatic heterocycles. The Kier molecular flexibility index (Phi) is 16.2. The predicted octanol–water partition coefficient (Wildman–Crippen LogP) is 3.38. The average Bonchev–Trinajstić information content (AvgIpc) is 2.56.